The summed E-state index contributed by atoms with van der Waals surface area (Å²) in [5.41, 5.74) is 2.30. The third-order valence-electron chi connectivity index (χ3n) is 3.86. The fraction of sp³-hybridized carbons (Fsp3) is 0.462. The Morgan fingerprint density at radius 1 is 1.35 bits per heavy atom. The van der Waals surface area contributed by atoms with Crippen LogP contribution < -0.4 is 5.32 Å². The number of anilines is 1. The Labute approximate surface area is 106 Å². The van der Waals surface area contributed by atoms with Crippen LogP contribution in [-0.4, -0.2) is 16.1 Å². The molecule has 1 saturated carbocycles. The van der Waals surface area contributed by atoms with Gasteiger partial charge in [0, 0.05) is 24.8 Å². The summed E-state index contributed by atoms with van der Waals surface area (Å²) in [6.45, 7) is 1.88. The fourth-order valence-corrected chi connectivity index (χ4v) is 3.12. The molecule has 3 rings (SSSR count). The average Bonchev–Trinajstić information content (AvgIpc) is 2.77. The summed E-state index contributed by atoms with van der Waals surface area (Å²) in [6, 6.07) is 5.68. The van der Waals surface area contributed by atoms with Gasteiger partial charge in [0.1, 0.15) is 0 Å². The Hall–Kier alpha value is -1.22. The summed E-state index contributed by atoms with van der Waals surface area (Å²) in [6.07, 6.45) is 4.05. The minimum atomic E-state index is -0.412. The molecule has 0 bridgehead atoms. The Balaban J connectivity index is 2.16. The normalized spacial score (nSPS) is 21.5. The van der Waals surface area contributed by atoms with E-state index >= 15 is 0 Å². The molecule has 1 N–H and O–H groups in total. The van der Waals surface area contributed by atoms with Gasteiger partial charge in [-0.05, 0) is 31.0 Å². The van der Waals surface area contributed by atoms with Crippen LogP contribution in [0.15, 0.2) is 18.2 Å². The number of hydroxylamine groups is 1. The molecule has 90 valence electrons. The smallest absolute Gasteiger partial charge is 0.246 e. The molecule has 1 aliphatic heterocycles. The first kappa shape index (κ1) is 10.9. The third-order valence-corrected chi connectivity index (χ3v) is 4.10. The van der Waals surface area contributed by atoms with E-state index in [0.717, 1.165) is 47.4 Å². The van der Waals surface area contributed by atoms with Crippen LogP contribution >= 0.6 is 11.6 Å². The van der Waals surface area contributed by atoms with Crippen molar-refractivity contribution in [1.82, 2.24) is 0 Å². The quantitative estimate of drug-likeness (QED) is 0.566. The summed E-state index contributed by atoms with van der Waals surface area (Å²) in [4.78, 5) is 0. The van der Waals surface area contributed by atoms with Gasteiger partial charge in [-0.2, -0.15) is 4.74 Å². The zero-order chi connectivity index (χ0) is 12.0. The highest BCUT2D eigenvalue weighted by Crippen LogP contribution is 2.38. The lowest BCUT2D eigenvalue weighted by Gasteiger charge is -2.35. The average molecular weight is 251 g/mol. The molecule has 1 aromatic rings. The molecule has 0 unspecified atom stereocenters. The zero-order valence-electron chi connectivity index (χ0n) is 9.79. The molecular formula is C13H15ClN2O. The predicted molar refractivity (Wildman–Crippen MR) is 69.7 cm³/mol. The molecule has 1 aliphatic carbocycles. The zero-order valence-corrected chi connectivity index (χ0v) is 10.5. The van der Waals surface area contributed by atoms with E-state index in [-0.39, 0.29) is 0 Å². The van der Waals surface area contributed by atoms with Gasteiger partial charge >= 0.3 is 0 Å². The first-order valence-electron chi connectivity index (χ1n) is 6.01. The minimum Gasteiger partial charge on any atom is -0.622 e. The molecule has 0 amide bonds. The molecule has 0 radical (unpaired) electrons. The molecule has 2 aliphatic rings. The summed E-state index contributed by atoms with van der Waals surface area (Å²) >= 11 is 5.98. The predicted octanol–water partition coefficient (Wildman–Crippen LogP) is 3.36. The molecule has 1 heterocycles. The summed E-state index contributed by atoms with van der Waals surface area (Å²) in [5, 5.41) is 16.5. The SMILES string of the molecule is CC1=[N+]([O-])C2(CCCC2)Nc2ccc(Cl)cc21. The molecule has 0 atom stereocenters. The Morgan fingerprint density at radius 2 is 2.06 bits per heavy atom. The highest BCUT2D eigenvalue weighted by molar-refractivity contribution is 6.31. The van der Waals surface area contributed by atoms with Gasteiger partial charge in [0.2, 0.25) is 5.66 Å². The van der Waals surface area contributed by atoms with Gasteiger partial charge in [-0.25, -0.2) is 0 Å². The summed E-state index contributed by atoms with van der Waals surface area (Å²) in [5.74, 6) is 0. The van der Waals surface area contributed by atoms with Crippen molar-refractivity contribution in [2.75, 3.05) is 5.32 Å². The van der Waals surface area contributed by atoms with Crippen LogP contribution in [0, 0.1) is 5.21 Å². The molecule has 1 aromatic carbocycles. The lowest BCUT2D eigenvalue weighted by Crippen LogP contribution is -2.49. The molecule has 0 saturated heterocycles. The standard InChI is InChI=1S/C13H15ClN2O/c1-9-11-8-10(14)4-5-12(11)15-13(16(9)17)6-2-3-7-13/h4-5,8,15H,2-3,6-7H2,1H3. The van der Waals surface area contributed by atoms with Crippen molar-refractivity contribution in [3.63, 3.8) is 0 Å². The Bertz CT molecular complexity index is 504. The largest absolute Gasteiger partial charge is 0.622 e. The molecule has 17 heavy (non-hydrogen) atoms. The number of nitrogens with zero attached hydrogens (tertiary/aromatic N) is 1. The second kappa shape index (κ2) is 3.64. The van der Waals surface area contributed by atoms with Crippen LogP contribution in [-0.2, 0) is 0 Å². The maximum Gasteiger partial charge on any atom is 0.246 e. The van der Waals surface area contributed by atoms with E-state index < -0.39 is 5.66 Å². The molecule has 0 aromatic heterocycles. The van der Waals surface area contributed by atoms with Crippen LogP contribution in [0.1, 0.15) is 38.2 Å². The number of nitrogens with one attached hydrogen (secondary N) is 1. The van der Waals surface area contributed by atoms with Crippen LogP contribution in [0.5, 0.6) is 0 Å². The van der Waals surface area contributed by atoms with Gasteiger partial charge in [-0.1, -0.05) is 11.6 Å². The Morgan fingerprint density at radius 3 is 2.76 bits per heavy atom. The van der Waals surface area contributed by atoms with Gasteiger partial charge in [0.15, 0.2) is 5.71 Å². The lowest BCUT2D eigenvalue weighted by atomic mass is 10.00. The van der Waals surface area contributed by atoms with Crippen LogP contribution in [0.4, 0.5) is 5.69 Å². The van der Waals surface area contributed by atoms with Gasteiger partial charge in [-0.15, -0.1) is 0 Å². The van der Waals surface area contributed by atoms with Crippen molar-refractivity contribution in [2.24, 2.45) is 0 Å². The highest BCUT2D eigenvalue weighted by Gasteiger charge is 2.46. The second-order valence-corrected chi connectivity index (χ2v) is 5.37. The van der Waals surface area contributed by atoms with Crippen LogP contribution in [0.25, 0.3) is 0 Å². The van der Waals surface area contributed by atoms with Crippen molar-refractivity contribution in [3.05, 3.63) is 34.0 Å². The van der Waals surface area contributed by atoms with Crippen molar-refractivity contribution in [3.8, 4) is 0 Å². The molecule has 4 heteroatoms. The molecule has 1 fully saturated rings. The van der Waals surface area contributed by atoms with E-state index in [0.29, 0.717) is 5.02 Å². The van der Waals surface area contributed by atoms with Crippen LogP contribution in [0.3, 0.4) is 0 Å². The first-order chi connectivity index (χ1) is 8.12. The van der Waals surface area contributed by atoms with E-state index in [1.165, 1.54) is 0 Å². The number of rotatable bonds is 0. The monoisotopic (exact) mass is 250 g/mol. The molecule has 3 nitrogen and oxygen atoms in total. The minimum absolute atomic E-state index is 0.412. The van der Waals surface area contributed by atoms with E-state index in [2.05, 4.69) is 5.32 Å². The highest BCUT2D eigenvalue weighted by atomic mass is 35.5. The lowest BCUT2D eigenvalue weighted by molar-refractivity contribution is -0.541. The van der Waals surface area contributed by atoms with Gasteiger partial charge in [-0.3, -0.25) is 0 Å². The van der Waals surface area contributed by atoms with Gasteiger partial charge < -0.3 is 10.5 Å². The van der Waals surface area contributed by atoms with E-state index in [1.807, 2.05) is 25.1 Å². The van der Waals surface area contributed by atoms with E-state index in [4.69, 9.17) is 11.6 Å². The fourth-order valence-electron chi connectivity index (χ4n) is 2.94. The number of benzene rings is 1. The van der Waals surface area contributed by atoms with Crippen LogP contribution in [0.2, 0.25) is 5.02 Å². The number of hydrogen-bond acceptors (Lipinski definition) is 2. The second-order valence-electron chi connectivity index (χ2n) is 4.93. The van der Waals surface area contributed by atoms with Crippen molar-refractivity contribution < 1.29 is 4.74 Å². The number of halogens is 1. The maximum absolute atomic E-state index is 12.4. The summed E-state index contributed by atoms with van der Waals surface area (Å²) < 4.78 is 1.15. The number of fused-ring (bicyclic) bond motifs is 1. The molecular weight excluding hydrogens is 236 g/mol. The number of hydrogen-bond donors (Lipinski definition) is 1. The summed E-state index contributed by atoms with van der Waals surface area (Å²) in [7, 11) is 0. The van der Waals surface area contributed by atoms with Crippen molar-refractivity contribution >= 4 is 23.0 Å². The third kappa shape index (κ3) is 1.53. The van der Waals surface area contributed by atoms with Crippen molar-refractivity contribution in [2.45, 2.75) is 38.3 Å². The van der Waals surface area contributed by atoms with E-state index in [1.54, 1.807) is 0 Å². The first-order valence-corrected chi connectivity index (χ1v) is 6.39. The topological polar surface area (TPSA) is 38.1 Å². The Kier molecular flexibility index (Phi) is 2.33. The maximum atomic E-state index is 12.4. The van der Waals surface area contributed by atoms with Gasteiger partial charge in [0.25, 0.3) is 0 Å². The van der Waals surface area contributed by atoms with Crippen molar-refractivity contribution in [1.29, 1.82) is 0 Å². The molecule has 1 spiro atoms. The van der Waals surface area contributed by atoms with Gasteiger partial charge in [0.05, 0.1) is 11.3 Å². The van der Waals surface area contributed by atoms with E-state index in [9.17, 15) is 5.21 Å².